The molecule has 30 heavy (non-hydrogen) atoms. The van der Waals surface area contributed by atoms with Crippen LogP contribution in [0.25, 0.3) is 17.2 Å². The van der Waals surface area contributed by atoms with E-state index in [0.29, 0.717) is 19.6 Å². The Hall–Kier alpha value is -3.37. The van der Waals surface area contributed by atoms with Crippen molar-refractivity contribution in [3.63, 3.8) is 0 Å². The number of rotatable bonds is 10. The molecular formula is C26H26O4. The molecule has 1 atom stereocenters. The van der Waals surface area contributed by atoms with E-state index < -0.39 is 12.1 Å². The molecule has 1 N–H and O–H groups in total. The molecule has 0 radical (unpaired) electrons. The van der Waals surface area contributed by atoms with Crippen molar-refractivity contribution < 1.29 is 19.4 Å². The van der Waals surface area contributed by atoms with Crippen LogP contribution in [0.2, 0.25) is 0 Å². The van der Waals surface area contributed by atoms with Crippen molar-refractivity contribution >= 4 is 12.0 Å². The van der Waals surface area contributed by atoms with Crippen molar-refractivity contribution in [1.82, 2.24) is 0 Å². The Balaban J connectivity index is 1.57. The Morgan fingerprint density at radius 3 is 2.37 bits per heavy atom. The molecule has 0 unspecified atom stereocenters. The summed E-state index contributed by atoms with van der Waals surface area (Å²) < 4.78 is 11.1. The molecule has 3 rings (SSSR count). The Labute approximate surface area is 177 Å². The van der Waals surface area contributed by atoms with Gasteiger partial charge in [0.15, 0.2) is 6.10 Å². The first kappa shape index (κ1) is 21.3. The van der Waals surface area contributed by atoms with Crippen LogP contribution in [0.4, 0.5) is 0 Å². The van der Waals surface area contributed by atoms with Crippen molar-refractivity contribution in [3.05, 3.63) is 96.1 Å². The van der Waals surface area contributed by atoms with Gasteiger partial charge in [0.1, 0.15) is 12.4 Å². The lowest BCUT2D eigenvalue weighted by Gasteiger charge is -2.12. The monoisotopic (exact) mass is 402 g/mol. The molecule has 0 bridgehead atoms. The van der Waals surface area contributed by atoms with E-state index in [1.807, 2.05) is 60.7 Å². The summed E-state index contributed by atoms with van der Waals surface area (Å²) >= 11 is 0. The molecule has 0 spiro atoms. The fraction of sp³-hybridized carbons (Fsp3) is 0.192. The maximum atomic E-state index is 11.2. The summed E-state index contributed by atoms with van der Waals surface area (Å²) in [5, 5.41) is 9.19. The molecule has 0 amide bonds. The van der Waals surface area contributed by atoms with Gasteiger partial charge in [0.25, 0.3) is 0 Å². The molecule has 3 aromatic rings. The van der Waals surface area contributed by atoms with E-state index in [0.717, 1.165) is 16.9 Å². The van der Waals surface area contributed by atoms with Gasteiger partial charge in [-0.1, -0.05) is 72.8 Å². The van der Waals surface area contributed by atoms with Crippen LogP contribution in [-0.2, 0) is 16.0 Å². The van der Waals surface area contributed by atoms with E-state index in [1.165, 1.54) is 11.1 Å². The number of carbonyl (C=O) groups is 1. The minimum absolute atomic E-state index is 0.333. The first-order valence-corrected chi connectivity index (χ1v) is 10.0. The SMILES string of the molecule is CCO[C@@H](Cc1ccc(OCC=Cc2ccccc2-c2ccccc2)cc1)C(=O)O. The molecule has 3 aromatic carbocycles. The lowest BCUT2D eigenvalue weighted by molar-refractivity contribution is -0.149. The number of ether oxygens (including phenoxy) is 2. The Morgan fingerprint density at radius 2 is 1.67 bits per heavy atom. The zero-order valence-electron chi connectivity index (χ0n) is 17.0. The molecule has 154 valence electrons. The molecule has 4 heteroatoms. The molecule has 0 aliphatic heterocycles. The summed E-state index contributed by atoms with van der Waals surface area (Å²) in [5.74, 6) is -0.207. The third kappa shape index (κ3) is 6.06. The average Bonchev–Trinajstić information content (AvgIpc) is 2.78. The lowest BCUT2D eigenvalue weighted by atomic mass is 9.99. The van der Waals surface area contributed by atoms with Gasteiger partial charge in [-0.05, 0) is 47.4 Å². The molecule has 0 aromatic heterocycles. The second kappa shape index (κ2) is 11.0. The maximum absolute atomic E-state index is 11.2. The van der Waals surface area contributed by atoms with Crippen molar-refractivity contribution in [2.45, 2.75) is 19.4 Å². The minimum atomic E-state index is -0.946. The van der Waals surface area contributed by atoms with Crippen LogP contribution in [0.3, 0.4) is 0 Å². The molecule has 0 aliphatic carbocycles. The Bertz CT molecular complexity index is 962. The summed E-state index contributed by atoms with van der Waals surface area (Å²) in [4.78, 5) is 11.2. The highest BCUT2D eigenvalue weighted by Crippen LogP contribution is 2.24. The van der Waals surface area contributed by atoms with E-state index in [-0.39, 0.29) is 0 Å². The molecule has 0 fully saturated rings. The summed E-state index contributed by atoms with van der Waals surface area (Å²) in [6.07, 6.45) is 3.57. The minimum Gasteiger partial charge on any atom is -0.490 e. The molecule has 0 aliphatic rings. The predicted molar refractivity (Wildman–Crippen MR) is 120 cm³/mol. The first-order chi connectivity index (χ1) is 14.7. The topological polar surface area (TPSA) is 55.8 Å². The largest absolute Gasteiger partial charge is 0.490 e. The average molecular weight is 402 g/mol. The molecule has 0 saturated carbocycles. The third-order valence-corrected chi connectivity index (χ3v) is 4.68. The number of carboxylic acid groups (broad SMARTS) is 1. The number of carboxylic acids is 1. The van der Waals surface area contributed by atoms with Gasteiger partial charge in [-0.25, -0.2) is 4.79 Å². The van der Waals surface area contributed by atoms with Crippen LogP contribution in [0, 0.1) is 0 Å². The van der Waals surface area contributed by atoms with Crippen molar-refractivity contribution in [1.29, 1.82) is 0 Å². The number of hydrogen-bond acceptors (Lipinski definition) is 3. The second-order valence-corrected chi connectivity index (χ2v) is 6.80. The first-order valence-electron chi connectivity index (χ1n) is 10.0. The molecule has 4 nitrogen and oxygen atoms in total. The maximum Gasteiger partial charge on any atom is 0.333 e. The highest BCUT2D eigenvalue weighted by Gasteiger charge is 2.17. The van der Waals surface area contributed by atoms with Gasteiger partial charge in [-0.3, -0.25) is 0 Å². The van der Waals surface area contributed by atoms with Gasteiger partial charge in [-0.2, -0.15) is 0 Å². The highest BCUT2D eigenvalue weighted by molar-refractivity contribution is 5.75. The third-order valence-electron chi connectivity index (χ3n) is 4.68. The van der Waals surface area contributed by atoms with Crippen molar-refractivity contribution in [3.8, 4) is 16.9 Å². The molecule has 0 heterocycles. The normalized spacial score (nSPS) is 12.0. The molecule has 0 saturated heterocycles. The smallest absolute Gasteiger partial charge is 0.333 e. The van der Waals surface area contributed by atoms with Crippen LogP contribution < -0.4 is 4.74 Å². The van der Waals surface area contributed by atoms with Gasteiger partial charge in [-0.15, -0.1) is 0 Å². The fourth-order valence-electron chi connectivity index (χ4n) is 3.20. The van der Waals surface area contributed by atoms with Crippen LogP contribution in [-0.4, -0.2) is 30.4 Å². The van der Waals surface area contributed by atoms with Gasteiger partial charge >= 0.3 is 5.97 Å². The summed E-state index contributed by atoms with van der Waals surface area (Å²) in [6, 6.07) is 26.0. The van der Waals surface area contributed by atoms with Crippen LogP contribution in [0.5, 0.6) is 5.75 Å². The van der Waals surface area contributed by atoms with E-state index >= 15 is 0 Å². The van der Waals surface area contributed by atoms with Gasteiger partial charge in [0.05, 0.1) is 0 Å². The van der Waals surface area contributed by atoms with Crippen LogP contribution >= 0.6 is 0 Å². The predicted octanol–water partition coefficient (Wildman–Crippen LogP) is 5.48. The van der Waals surface area contributed by atoms with E-state index in [4.69, 9.17) is 9.47 Å². The number of aliphatic carboxylic acids is 1. The Morgan fingerprint density at radius 1 is 0.967 bits per heavy atom. The summed E-state index contributed by atoms with van der Waals surface area (Å²) in [7, 11) is 0. The van der Waals surface area contributed by atoms with Gasteiger partial charge in [0, 0.05) is 13.0 Å². The standard InChI is InChI=1S/C26H26O4/c1-2-29-25(26(27)28)19-20-14-16-23(17-15-20)30-18-8-12-22-11-6-7-13-24(22)21-9-4-3-5-10-21/h3-17,25H,2,18-19H2,1H3,(H,27,28)/t25-/m0/s1. The van der Waals surface area contributed by atoms with Crippen LogP contribution in [0.1, 0.15) is 18.1 Å². The van der Waals surface area contributed by atoms with E-state index in [1.54, 1.807) is 6.92 Å². The second-order valence-electron chi connectivity index (χ2n) is 6.80. The number of hydrogen-bond donors (Lipinski definition) is 1. The molecular weight excluding hydrogens is 376 g/mol. The van der Waals surface area contributed by atoms with Crippen molar-refractivity contribution in [2.24, 2.45) is 0 Å². The zero-order valence-corrected chi connectivity index (χ0v) is 17.0. The lowest BCUT2D eigenvalue weighted by Crippen LogP contribution is -2.26. The quantitative estimate of drug-likeness (QED) is 0.488. The van der Waals surface area contributed by atoms with Crippen LogP contribution in [0.15, 0.2) is 84.9 Å². The van der Waals surface area contributed by atoms with E-state index in [9.17, 15) is 9.90 Å². The van der Waals surface area contributed by atoms with E-state index in [2.05, 4.69) is 30.3 Å². The summed E-state index contributed by atoms with van der Waals surface area (Å²) in [5.41, 5.74) is 4.40. The van der Waals surface area contributed by atoms with Gasteiger partial charge < -0.3 is 14.6 Å². The number of benzene rings is 3. The highest BCUT2D eigenvalue weighted by atomic mass is 16.5. The fourth-order valence-corrected chi connectivity index (χ4v) is 3.20. The summed E-state index contributed by atoms with van der Waals surface area (Å²) in [6.45, 7) is 2.61. The van der Waals surface area contributed by atoms with Crippen molar-refractivity contribution in [2.75, 3.05) is 13.2 Å². The zero-order chi connectivity index (χ0) is 21.2. The van der Waals surface area contributed by atoms with Gasteiger partial charge in [0.2, 0.25) is 0 Å². The Kier molecular flexibility index (Phi) is 7.81.